The molecule has 1 N–H and O–H groups in total. The van der Waals surface area contributed by atoms with Crippen molar-refractivity contribution >= 4 is 11.6 Å². The highest BCUT2D eigenvalue weighted by molar-refractivity contribution is 6.31. The summed E-state index contributed by atoms with van der Waals surface area (Å²) in [7, 11) is 1.72. The lowest BCUT2D eigenvalue weighted by Gasteiger charge is -2.16. The van der Waals surface area contributed by atoms with Crippen LogP contribution in [0, 0.1) is 0 Å². The average Bonchev–Trinajstić information content (AvgIpc) is 2.40. The first kappa shape index (κ1) is 16.3. The summed E-state index contributed by atoms with van der Waals surface area (Å²) < 4.78 is 10.9. The van der Waals surface area contributed by atoms with Gasteiger partial charge in [0.25, 0.3) is 0 Å². The lowest BCUT2D eigenvalue weighted by atomic mass is 10.1. The van der Waals surface area contributed by atoms with E-state index in [1.54, 1.807) is 7.11 Å². The molecule has 0 fully saturated rings. The molecule has 1 unspecified atom stereocenters. The van der Waals surface area contributed by atoms with Crippen LogP contribution in [0.1, 0.15) is 25.8 Å². The Hall–Kier alpha value is -0.770. The minimum absolute atomic E-state index is 0.133. The molecule has 3 nitrogen and oxygen atoms in total. The van der Waals surface area contributed by atoms with E-state index in [1.165, 1.54) is 0 Å². The Kier molecular flexibility index (Phi) is 7.87. The SMILES string of the molecule is CCc1cc(OC(C)CNCCCOC)ccc1Cl. The first-order valence-corrected chi connectivity index (χ1v) is 7.20. The molecule has 4 heteroatoms. The molecule has 1 atom stereocenters. The first-order valence-electron chi connectivity index (χ1n) is 6.82. The summed E-state index contributed by atoms with van der Waals surface area (Å²) >= 11 is 6.09. The van der Waals surface area contributed by atoms with Gasteiger partial charge in [-0.05, 0) is 50.1 Å². The van der Waals surface area contributed by atoms with E-state index in [0.717, 1.165) is 48.9 Å². The highest BCUT2D eigenvalue weighted by Crippen LogP contribution is 2.23. The number of halogens is 1. The molecular formula is C15H24ClNO2. The summed E-state index contributed by atoms with van der Waals surface area (Å²) in [5, 5.41) is 4.15. The number of nitrogens with one attached hydrogen (secondary N) is 1. The van der Waals surface area contributed by atoms with Crippen molar-refractivity contribution in [3.8, 4) is 5.75 Å². The molecule has 1 aromatic carbocycles. The van der Waals surface area contributed by atoms with Crippen LogP contribution in [0.15, 0.2) is 18.2 Å². The molecule has 0 radical (unpaired) electrons. The minimum Gasteiger partial charge on any atom is -0.489 e. The van der Waals surface area contributed by atoms with Crippen molar-refractivity contribution in [3.05, 3.63) is 28.8 Å². The summed E-state index contributed by atoms with van der Waals surface area (Å²) in [5.74, 6) is 0.882. The van der Waals surface area contributed by atoms with E-state index >= 15 is 0 Å². The predicted octanol–water partition coefficient (Wildman–Crippen LogP) is 3.30. The molecule has 0 aromatic heterocycles. The molecule has 1 aromatic rings. The lowest BCUT2D eigenvalue weighted by molar-refractivity contribution is 0.188. The fraction of sp³-hybridized carbons (Fsp3) is 0.600. The fourth-order valence-corrected chi connectivity index (χ4v) is 2.07. The predicted molar refractivity (Wildman–Crippen MR) is 80.3 cm³/mol. The van der Waals surface area contributed by atoms with Crippen molar-refractivity contribution < 1.29 is 9.47 Å². The molecule has 0 aliphatic heterocycles. The largest absolute Gasteiger partial charge is 0.489 e. The Morgan fingerprint density at radius 2 is 2.16 bits per heavy atom. The van der Waals surface area contributed by atoms with Gasteiger partial charge in [0.15, 0.2) is 0 Å². The molecule has 0 saturated carbocycles. The van der Waals surface area contributed by atoms with Crippen LogP contribution in [0.2, 0.25) is 5.02 Å². The first-order chi connectivity index (χ1) is 9.17. The number of benzene rings is 1. The molecular weight excluding hydrogens is 262 g/mol. The summed E-state index contributed by atoms with van der Waals surface area (Å²) in [6.07, 6.45) is 2.07. The Morgan fingerprint density at radius 3 is 2.84 bits per heavy atom. The summed E-state index contributed by atoms with van der Waals surface area (Å²) in [6, 6.07) is 5.83. The quantitative estimate of drug-likeness (QED) is 0.706. The lowest BCUT2D eigenvalue weighted by Crippen LogP contribution is -2.30. The van der Waals surface area contributed by atoms with Crippen molar-refractivity contribution in [1.82, 2.24) is 5.32 Å². The fourth-order valence-electron chi connectivity index (χ4n) is 1.82. The zero-order valence-corrected chi connectivity index (χ0v) is 12.8. The Labute approximate surface area is 121 Å². The van der Waals surface area contributed by atoms with Gasteiger partial charge in [0, 0.05) is 25.3 Å². The van der Waals surface area contributed by atoms with Crippen LogP contribution in [-0.2, 0) is 11.2 Å². The average molecular weight is 286 g/mol. The summed E-state index contributed by atoms with van der Waals surface area (Å²) in [6.45, 7) is 6.71. The Morgan fingerprint density at radius 1 is 1.37 bits per heavy atom. The van der Waals surface area contributed by atoms with Crippen molar-refractivity contribution in [3.63, 3.8) is 0 Å². The highest BCUT2D eigenvalue weighted by atomic mass is 35.5. The zero-order valence-electron chi connectivity index (χ0n) is 12.0. The number of hydrogen-bond acceptors (Lipinski definition) is 3. The molecule has 0 heterocycles. The second kappa shape index (κ2) is 9.18. The molecule has 19 heavy (non-hydrogen) atoms. The van der Waals surface area contributed by atoms with Gasteiger partial charge >= 0.3 is 0 Å². The van der Waals surface area contributed by atoms with E-state index < -0.39 is 0 Å². The number of aryl methyl sites for hydroxylation is 1. The molecule has 0 bridgehead atoms. The van der Waals surface area contributed by atoms with Crippen LogP contribution in [0.4, 0.5) is 0 Å². The van der Waals surface area contributed by atoms with Crippen LogP contribution in [-0.4, -0.2) is 32.9 Å². The van der Waals surface area contributed by atoms with Crippen LogP contribution in [0.25, 0.3) is 0 Å². The second-order valence-corrected chi connectivity index (χ2v) is 4.99. The van der Waals surface area contributed by atoms with Gasteiger partial charge in [-0.25, -0.2) is 0 Å². The normalized spacial score (nSPS) is 12.4. The molecule has 0 spiro atoms. The third-order valence-electron chi connectivity index (χ3n) is 2.87. The molecule has 1 rings (SSSR count). The number of ether oxygens (including phenoxy) is 2. The van der Waals surface area contributed by atoms with E-state index in [1.807, 2.05) is 18.2 Å². The van der Waals surface area contributed by atoms with Crippen molar-refractivity contribution in [2.75, 3.05) is 26.8 Å². The number of rotatable bonds is 9. The molecule has 108 valence electrons. The van der Waals surface area contributed by atoms with Crippen molar-refractivity contribution in [2.24, 2.45) is 0 Å². The third-order valence-corrected chi connectivity index (χ3v) is 3.24. The standard InChI is InChI=1S/C15H24ClNO2/c1-4-13-10-14(6-7-15(13)16)19-12(2)11-17-8-5-9-18-3/h6-7,10,12,17H,4-5,8-9,11H2,1-3H3. The van der Waals surface area contributed by atoms with Gasteiger partial charge in [0.1, 0.15) is 11.9 Å². The second-order valence-electron chi connectivity index (χ2n) is 4.59. The van der Waals surface area contributed by atoms with E-state index in [9.17, 15) is 0 Å². The minimum atomic E-state index is 0.133. The van der Waals surface area contributed by atoms with E-state index in [-0.39, 0.29) is 6.10 Å². The maximum absolute atomic E-state index is 6.09. The van der Waals surface area contributed by atoms with E-state index in [2.05, 4.69) is 19.2 Å². The topological polar surface area (TPSA) is 30.5 Å². The maximum atomic E-state index is 6.09. The summed E-state index contributed by atoms with van der Waals surface area (Å²) in [5.41, 5.74) is 1.12. The van der Waals surface area contributed by atoms with Gasteiger partial charge < -0.3 is 14.8 Å². The third kappa shape index (κ3) is 6.28. The van der Waals surface area contributed by atoms with E-state index in [4.69, 9.17) is 21.1 Å². The molecule has 0 aliphatic rings. The molecule has 0 amide bonds. The number of methoxy groups -OCH3 is 1. The molecule has 0 saturated heterocycles. The van der Waals surface area contributed by atoms with Crippen LogP contribution < -0.4 is 10.1 Å². The number of hydrogen-bond donors (Lipinski definition) is 1. The maximum Gasteiger partial charge on any atom is 0.120 e. The van der Waals surface area contributed by atoms with Crippen LogP contribution >= 0.6 is 11.6 Å². The van der Waals surface area contributed by atoms with Gasteiger partial charge in [0.2, 0.25) is 0 Å². The van der Waals surface area contributed by atoms with Crippen molar-refractivity contribution in [2.45, 2.75) is 32.8 Å². The van der Waals surface area contributed by atoms with Gasteiger partial charge in [-0.2, -0.15) is 0 Å². The Balaban J connectivity index is 2.33. The Bertz CT molecular complexity index is 371. The smallest absolute Gasteiger partial charge is 0.120 e. The molecule has 0 aliphatic carbocycles. The van der Waals surface area contributed by atoms with Crippen LogP contribution in [0.3, 0.4) is 0 Å². The highest BCUT2D eigenvalue weighted by Gasteiger charge is 2.06. The zero-order chi connectivity index (χ0) is 14.1. The monoisotopic (exact) mass is 285 g/mol. The van der Waals surface area contributed by atoms with Crippen LogP contribution in [0.5, 0.6) is 5.75 Å². The van der Waals surface area contributed by atoms with Gasteiger partial charge in [0.05, 0.1) is 0 Å². The van der Waals surface area contributed by atoms with E-state index in [0.29, 0.717) is 0 Å². The van der Waals surface area contributed by atoms with Crippen molar-refractivity contribution in [1.29, 1.82) is 0 Å². The van der Waals surface area contributed by atoms with Gasteiger partial charge in [-0.15, -0.1) is 0 Å². The van der Waals surface area contributed by atoms with Gasteiger partial charge in [-0.1, -0.05) is 18.5 Å². The summed E-state index contributed by atoms with van der Waals surface area (Å²) in [4.78, 5) is 0. The van der Waals surface area contributed by atoms with Gasteiger partial charge in [-0.3, -0.25) is 0 Å².